The van der Waals surface area contributed by atoms with Crippen LogP contribution < -0.4 is 4.72 Å². The van der Waals surface area contributed by atoms with Crippen molar-refractivity contribution in [3.8, 4) is 0 Å². The lowest BCUT2D eigenvalue weighted by atomic mass is 10.1. The Hall–Kier alpha value is -1.98. The number of aryl methyl sites for hydroxylation is 2. The highest BCUT2D eigenvalue weighted by Gasteiger charge is 1.96. The number of pyridine rings is 1. The van der Waals surface area contributed by atoms with E-state index in [1.165, 1.54) is 19.1 Å². The highest BCUT2D eigenvalue weighted by Crippen LogP contribution is 2.02. The summed E-state index contributed by atoms with van der Waals surface area (Å²) in [5.74, 6) is 0. The molecule has 9 nitrogen and oxygen atoms in total. The Morgan fingerprint density at radius 3 is 1.97 bits per heavy atom. The van der Waals surface area contributed by atoms with Gasteiger partial charge < -0.3 is 14.2 Å². The van der Waals surface area contributed by atoms with Crippen molar-refractivity contribution in [2.75, 3.05) is 54.0 Å². The second-order valence-corrected chi connectivity index (χ2v) is 8.95. The summed E-state index contributed by atoms with van der Waals surface area (Å²) in [7, 11) is 1.96. The van der Waals surface area contributed by atoms with Crippen molar-refractivity contribution in [3.05, 3.63) is 54.4 Å². The van der Waals surface area contributed by atoms with Crippen LogP contribution in [0.15, 0.2) is 43.1 Å². The van der Waals surface area contributed by atoms with E-state index in [1.807, 2.05) is 18.5 Å². The molecule has 10 heteroatoms. The average Bonchev–Trinajstić information content (AvgIpc) is 2.81. The normalized spacial score (nSPS) is 10.5. The van der Waals surface area contributed by atoms with Gasteiger partial charge in [0, 0.05) is 72.1 Å². The number of unbranched alkanes of at least 4 members (excludes halogenated alkanes) is 2. The number of hydrogen-bond acceptors (Lipinski definition) is 8. The zero-order valence-electron chi connectivity index (χ0n) is 20.4. The average molecular weight is 485 g/mol. The van der Waals surface area contributed by atoms with Gasteiger partial charge in [-0.15, -0.1) is 0 Å². The van der Waals surface area contributed by atoms with Gasteiger partial charge >= 0.3 is 0 Å². The number of methoxy groups -OCH3 is 3. The summed E-state index contributed by atoms with van der Waals surface area (Å²) < 4.78 is 37.5. The van der Waals surface area contributed by atoms with Crippen LogP contribution in [-0.2, 0) is 37.1 Å². The summed E-state index contributed by atoms with van der Waals surface area (Å²) in [6.07, 6.45) is 16.7. The Bertz CT molecular complexity index is 717. The van der Waals surface area contributed by atoms with Crippen molar-refractivity contribution < 1.29 is 22.6 Å². The van der Waals surface area contributed by atoms with Crippen LogP contribution in [0.25, 0.3) is 0 Å². The first-order chi connectivity index (χ1) is 15.9. The molecule has 2 aromatic rings. The second kappa shape index (κ2) is 21.8. The quantitative estimate of drug-likeness (QED) is 0.407. The lowest BCUT2D eigenvalue weighted by Gasteiger charge is -1.99. The minimum atomic E-state index is -3.03. The van der Waals surface area contributed by atoms with Gasteiger partial charge in [0.25, 0.3) is 0 Å². The third-order valence-electron chi connectivity index (χ3n) is 4.11. The molecule has 0 bridgehead atoms. The van der Waals surface area contributed by atoms with E-state index < -0.39 is 10.0 Å². The molecule has 0 amide bonds. The fraction of sp³-hybridized carbons (Fsp3) is 0.609. The molecule has 0 saturated carbocycles. The van der Waals surface area contributed by atoms with Crippen LogP contribution in [0.5, 0.6) is 0 Å². The Balaban J connectivity index is 0.000000472. The van der Waals surface area contributed by atoms with Crippen LogP contribution >= 0.6 is 0 Å². The van der Waals surface area contributed by atoms with Crippen molar-refractivity contribution >= 4 is 10.0 Å². The molecule has 0 fully saturated rings. The Labute approximate surface area is 199 Å². The van der Waals surface area contributed by atoms with Crippen LogP contribution in [-0.4, -0.2) is 77.3 Å². The maximum absolute atomic E-state index is 10.3. The Morgan fingerprint density at radius 2 is 1.45 bits per heavy atom. The van der Waals surface area contributed by atoms with Crippen molar-refractivity contribution in [3.63, 3.8) is 0 Å². The van der Waals surface area contributed by atoms with E-state index in [1.54, 1.807) is 32.8 Å². The molecule has 1 N–H and O–H groups in total. The molecular formula is C23H40N4O5S. The number of hydrogen-bond donors (Lipinski definition) is 1. The van der Waals surface area contributed by atoms with E-state index in [0.717, 1.165) is 57.3 Å². The zero-order valence-corrected chi connectivity index (χ0v) is 21.2. The van der Waals surface area contributed by atoms with Crippen molar-refractivity contribution in [2.24, 2.45) is 0 Å². The smallest absolute Gasteiger partial charge is 0.208 e. The van der Waals surface area contributed by atoms with Crippen LogP contribution in [0.4, 0.5) is 0 Å². The standard InChI is InChI=1S/C10H15NO.C9H14N2O.C4H11NO3S/c1-12-8-3-2-5-10-6-4-7-11-9-10;1-12-7-3-2-4-9-8-10-5-6-11-9;1-8-4-3-5-9(2,6)7/h4,6-7,9H,2-3,5,8H2,1H3;5-6,8H,2-4,7H2,1H3;5H,3-4H2,1-2H3. The Morgan fingerprint density at radius 1 is 0.818 bits per heavy atom. The largest absolute Gasteiger partial charge is 0.385 e. The van der Waals surface area contributed by atoms with Gasteiger partial charge in [-0.3, -0.25) is 15.0 Å². The first kappa shape index (κ1) is 31.0. The highest BCUT2D eigenvalue weighted by molar-refractivity contribution is 7.88. The number of rotatable bonds is 14. The molecule has 0 unspecified atom stereocenters. The van der Waals surface area contributed by atoms with E-state index in [9.17, 15) is 8.42 Å². The van der Waals surface area contributed by atoms with E-state index in [4.69, 9.17) is 9.47 Å². The summed E-state index contributed by atoms with van der Waals surface area (Å²) in [5.41, 5.74) is 2.38. The predicted octanol–water partition coefficient (Wildman–Crippen LogP) is 2.68. The van der Waals surface area contributed by atoms with Gasteiger partial charge in [-0.05, 0) is 50.2 Å². The van der Waals surface area contributed by atoms with Crippen molar-refractivity contribution in [2.45, 2.75) is 38.5 Å². The van der Waals surface area contributed by atoms with Gasteiger partial charge in [0.2, 0.25) is 10.0 Å². The van der Waals surface area contributed by atoms with Crippen LogP contribution in [0.3, 0.4) is 0 Å². The number of ether oxygens (including phenoxy) is 3. The molecule has 0 aliphatic heterocycles. The van der Waals surface area contributed by atoms with Crippen LogP contribution in [0.1, 0.15) is 36.9 Å². The fourth-order valence-corrected chi connectivity index (χ4v) is 2.92. The summed E-state index contributed by atoms with van der Waals surface area (Å²) in [6.45, 7) is 2.45. The molecule has 0 saturated heterocycles. The van der Waals surface area contributed by atoms with Gasteiger partial charge in [-0.25, -0.2) is 13.1 Å². The Kier molecular flexibility index (Phi) is 20.5. The maximum Gasteiger partial charge on any atom is 0.208 e. The number of nitrogens with one attached hydrogen (secondary N) is 1. The lowest BCUT2D eigenvalue weighted by molar-refractivity contribution is 0.193. The van der Waals surface area contributed by atoms with Gasteiger partial charge in [0.05, 0.1) is 18.6 Å². The predicted molar refractivity (Wildman–Crippen MR) is 131 cm³/mol. The number of aromatic nitrogens is 3. The van der Waals surface area contributed by atoms with Gasteiger partial charge in [0.1, 0.15) is 0 Å². The third kappa shape index (κ3) is 23.0. The van der Waals surface area contributed by atoms with Crippen LogP contribution in [0, 0.1) is 0 Å². The highest BCUT2D eigenvalue weighted by atomic mass is 32.2. The molecule has 0 aliphatic carbocycles. The van der Waals surface area contributed by atoms with E-state index in [2.05, 4.69) is 30.5 Å². The van der Waals surface area contributed by atoms with Crippen molar-refractivity contribution in [1.82, 2.24) is 19.7 Å². The molecule has 0 spiro atoms. The third-order valence-corrected chi connectivity index (χ3v) is 4.83. The summed E-state index contributed by atoms with van der Waals surface area (Å²) >= 11 is 0. The second-order valence-electron chi connectivity index (χ2n) is 7.12. The summed E-state index contributed by atoms with van der Waals surface area (Å²) in [5, 5.41) is 0. The van der Waals surface area contributed by atoms with Crippen LogP contribution in [0.2, 0.25) is 0 Å². The molecule has 2 aromatic heterocycles. The first-order valence-electron chi connectivity index (χ1n) is 11.0. The van der Waals surface area contributed by atoms with Crippen molar-refractivity contribution in [1.29, 1.82) is 0 Å². The molecule has 2 rings (SSSR count). The zero-order chi connectivity index (χ0) is 24.6. The minimum Gasteiger partial charge on any atom is -0.385 e. The number of nitrogens with zero attached hydrogens (tertiary/aromatic N) is 3. The van der Waals surface area contributed by atoms with Gasteiger partial charge in [-0.1, -0.05) is 6.07 Å². The minimum absolute atomic E-state index is 0.343. The van der Waals surface area contributed by atoms with E-state index in [-0.39, 0.29) is 0 Å². The SMILES string of the molecule is COCCCCc1cccnc1.COCCCCc1cnccn1.COCCNS(C)(=O)=O. The lowest BCUT2D eigenvalue weighted by Crippen LogP contribution is -2.25. The molecule has 2 heterocycles. The number of sulfonamides is 1. The topological polar surface area (TPSA) is 113 Å². The fourth-order valence-electron chi connectivity index (χ4n) is 2.46. The molecular weight excluding hydrogens is 444 g/mol. The molecule has 0 aromatic carbocycles. The molecule has 0 atom stereocenters. The molecule has 0 aliphatic rings. The van der Waals surface area contributed by atoms with Gasteiger partial charge in [-0.2, -0.15) is 0 Å². The molecule has 188 valence electrons. The monoisotopic (exact) mass is 484 g/mol. The maximum atomic E-state index is 10.3. The van der Waals surface area contributed by atoms with E-state index in [0.29, 0.717) is 13.2 Å². The summed E-state index contributed by atoms with van der Waals surface area (Å²) in [4.78, 5) is 12.2. The summed E-state index contributed by atoms with van der Waals surface area (Å²) in [6, 6.07) is 4.09. The molecule has 0 radical (unpaired) electrons. The molecule has 33 heavy (non-hydrogen) atoms. The first-order valence-corrected chi connectivity index (χ1v) is 12.9. The van der Waals surface area contributed by atoms with E-state index >= 15 is 0 Å². The van der Waals surface area contributed by atoms with Gasteiger partial charge in [0.15, 0.2) is 0 Å².